The molecule has 74 valence electrons. The summed E-state index contributed by atoms with van der Waals surface area (Å²) in [6, 6.07) is 0. The highest BCUT2D eigenvalue weighted by molar-refractivity contribution is 8.45. The normalized spacial score (nSPS) is 12.0. The fraction of sp³-hybridized carbons (Fsp3) is 0.333. The van der Waals surface area contributed by atoms with Crippen molar-refractivity contribution in [1.82, 2.24) is 0 Å². The molecule has 0 N–H and O–H groups in total. The van der Waals surface area contributed by atoms with Crippen LogP contribution in [-0.4, -0.2) is 0 Å². The largest absolute Gasteiger partial charge is 0.151 e. The maximum atomic E-state index is 4.05. The minimum absolute atomic E-state index is 1.12. The zero-order chi connectivity index (χ0) is 10.8. The molecule has 0 aliphatic rings. The van der Waals surface area contributed by atoms with Gasteiger partial charge in [0.25, 0.3) is 0 Å². The maximum Gasteiger partial charge on any atom is -0.0314 e. The van der Waals surface area contributed by atoms with Crippen LogP contribution in [0.15, 0.2) is 45.9 Å². The standard InChI is InChI=1S/C12H20S/c1-9(2)13(10(3)4,11(5)6)12(7)8/h1,3,5,7H2,2,4,6,8H3. The van der Waals surface area contributed by atoms with Gasteiger partial charge in [0.1, 0.15) is 0 Å². The molecule has 0 saturated heterocycles. The first-order valence-electron chi connectivity index (χ1n) is 4.23. The van der Waals surface area contributed by atoms with Gasteiger partial charge in [-0.05, 0) is 47.3 Å². The highest BCUT2D eigenvalue weighted by atomic mass is 32.3. The summed E-state index contributed by atoms with van der Waals surface area (Å²) in [6.07, 6.45) is 0. The third-order valence-corrected chi connectivity index (χ3v) is 6.27. The van der Waals surface area contributed by atoms with Gasteiger partial charge in [0, 0.05) is 0 Å². The summed E-state index contributed by atoms with van der Waals surface area (Å²) in [5.41, 5.74) is 0. The molecule has 0 aliphatic carbocycles. The summed E-state index contributed by atoms with van der Waals surface area (Å²) in [5.74, 6) is 0. The van der Waals surface area contributed by atoms with E-state index in [1.807, 2.05) is 27.7 Å². The second-order valence-corrected chi connectivity index (χ2v) is 7.43. The lowest BCUT2D eigenvalue weighted by atomic mass is 10.7. The second-order valence-electron chi connectivity index (χ2n) is 3.42. The molecule has 0 nitrogen and oxygen atoms in total. The van der Waals surface area contributed by atoms with Crippen molar-refractivity contribution >= 4 is 10.0 Å². The molecule has 0 aromatic rings. The quantitative estimate of drug-likeness (QED) is 0.598. The predicted molar refractivity (Wildman–Crippen MR) is 66.8 cm³/mol. The number of hydrogen-bond donors (Lipinski definition) is 0. The van der Waals surface area contributed by atoms with Crippen LogP contribution in [0.5, 0.6) is 0 Å². The molecule has 13 heavy (non-hydrogen) atoms. The number of allylic oxidation sites excluding steroid dienone is 4. The van der Waals surface area contributed by atoms with E-state index in [2.05, 4.69) is 26.3 Å². The Balaban J connectivity index is 5.60. The summed E-state index contributed by atoms with van der Waals surface area (Å²) >= 11 is 0. The molecule has 0 aromatic heterocycles. The lowest BCUT2D eigenvalue weighted by Gasteiger charge is -2.42. The van der Waals surface area contributed by atoms with Gasteiger partial charge in [-0.15, -0.1) is 0 Å². The third kappa shape index (κ3) is 1.80. The smallest absolute Gasteiger partial charge is 0.0314 e. The molecule has 0 atom stereocenters. The molecule has 0 rings (SSSR count). The average molecular weight is 196 g/mol. The molecule has 0 fully saturated rings. The molecular weight excluding hydrogens is 176 g/mol. The fourth-order valence-electron chi connectivity index (χ4n) is 1.78. The van der Waals surface area contributed by atoms with Crippen molar-refractivity contribution < 1.29 is 0 Å². The predicted octanol–water partition coefficient (Wildman–Crippen LogP) is 4.93. The van der Waals surface area contributed by atoms with Crippen LogP contribution in [0.4, 0.5) is 0 Å². The van der Waals surface area contributed by atoms with Crippen LogP contribution in [0, 0.1) is 0 Å². The van der Waals surface area contributed by atoms with E-state index in [1.54, 1.807) is 0 Å². The Kier molecular flexibility index (Phi) is 3.80. The van der Waals surface area contributed by atoms with Crippen molar-refractivity contribution in [2.24, 2.45) is 0 Å². The van der Waals surface area contributed by atoms with Gasteiger partial charge >= 0.3 is 0 Å². The molecule has 0 aliphatic heterocycles. The van der Waals surface area contributed by atoms with E-state index in [1.165, 1.54) is 0 Å². The average Bonchev–Trinajstić information content (AvgIpc) is 1.82. The third-order valence-electron chi connectivity index (χ3n) is 2.09. The van der Waals surface area contributed by atoms with Gasteiger partial charge in [-0.25, -0.2) is 0 Å². The molecular formula is C12H20S. The molecule has 0 aromatic carbocycles. The molecule has 0 spiro atoms. The lowest BCUT2D eigenvalue weighted by molar-refractivity contribution is 1.55. The van der Waals surface area contributed by atoms with E-state index in [4.69, 9.17) is 0 Å². The Hall–Kier alpha value is -0.690. The molecule has 0 amide bonds. The number of rotatable bonds is 4. The van der Waals surface area contributed by atoms with Crippen LogP contribution < -0.4 is 0 Å². The van der Waals surface area contributed by atoms with E-state index in [0.717, 1.165) is 19.6 Å². The SMILES string of the molecule is C=C(C)S(C(=C)C)(C(=C)C)C(=C)C. The zero-order valence-corrected chi connectivity index (χ0v) is 10.1. The summed E-state index contributed by atoms with van der Waals surface area (Å²) in [6.45, 7) is 24.3. The Morgan fingerprint density at radius 3 is 0.769 bits per heavy atom. The van der Waals surface area contributed by atoms with Crippen molar-refractivity contribution in [3.8, 4) is 0 Å². The van der Waals surface area contributed by atoms with Crippen LogP contribution in [0.2, 0.25) is 0 Å². The summed E-state index contributed by atoms with van der Waals surface area (Å²) in [4.78, 5) is 4.50. The maximum absolute atomic E-state index is 4.05. The number of hydrogen-bond acceptors (Lipinski definition) is 0. The van der Waals surface area contributed by atoms with Crippen molar-refractivity contribution in [2.45, 2.75) is 27.7 Å². The van der Waals surface area contributed by atoms with Gasteiger partial charge < -0.3 is 0 Å². The van der Waals surface area contributed by atoms with Gasteiger partial charge in [0.2, 0.25) is 0 Å². The Morgan fingerprint density at radius 1 is 0.615 bits per heavy atom. The first-order valence-corrected chi connectivity index (χ1v) is 5.86. The van der Waals surface area contributed by atoms with E-state index in [9.17, 15) is 0 Å². The molecule has 0 heterocycles. The second kappa shape index (κ2) is 4.01. The Labute approximate surface area is 84.1 Å². The van der Waals surface area contributed by atoms with Crippen molar-refractivity contribution in [2.75, 3.05) is 0 Å². The van der Waals surface area contributed by atoms with Gasteiger partial charge in [-0.1, -0.05) is 26.3 Å². The van der Waals surface area contributed by atoms with Crippen molar-refractivity contribution in [3.05, 3.63) is 45.9 Å². The van der Waals surface area contributed by atoms with Gasteiger partial charge in [0.15, 0.2) is 0 Å². The van der Waals surface area contributed by atoms with Crippen LogP contribution >= 0.6 is 10.0 Å². The van der Waals surface area contributed by atoms with Crippen LogP contribution in [0.3, 0.4) is 0 Å². The lowest BCUT2D eigenvalue weighted by Crippen LogP contribution is -2.03. The topological polar surface area (TPSA) is 0 Å². The van der Waals surface area contributed by atoms with Crippen LogP contribution in [0.25, 0.3) is 0 Å². The highest BCUT2D eigenvalue weighted by Crippen LogP contribution is 2.70. The first-order chi connectivity index (χ1) is 5.77. The van der Waals surface area contributed by atoms with Gasteiger partial charge in [-0.2, -0.15) is 10.0 Å². The molecule has 0 unspecified atom stereocenters. The highest BCUT2D eigenvalue weighted by Gasteiger charge is 2.27. The van der Waals surface area contributed by atoms with E-state index in [0.29, 0.717) is 0 Å². The Morgan fingerprint density at radius 2 is 0.769 bits per heavy atom. The summed E-state index contributed by atoms with van der Waals surface area (Å²) in [7, 11) is -1.24. The van der Waals surface area contributed by atoms with Crippen molar-refractivity contribution in [3.63, 3.8) is 0 Å². The molecule has 1 heteroatoms. The van der Waals surface area contributed by atoms with Crippen molar-refractivity contribution in [1.29, 1.82) is 0 Å². The van der Waals surface area contributed by atoms with Gasteiger partial charge in [0.05, 0.1) is 0 Å². The summed E-state index contributed by atoms with van der Waals surface area (Å²) in [5, 5.41) is 0. The Bertz CT molecular complexity index is 220. The molecule has 0 saturated carbocycles. The van der Waals surface area contributed by atoms with Gasteiger partial charge in [-0.3, -0.25) is 0 Å². The monoisotopic (exact) mass is 196 g/mol. The zero-order valence-electron chi connectivity index (χ0n) is 9.24. The van der Waals surface area contributed by atoms with E-state index in [-0.39, 0.29) is 0 Å². The first kappa shape index (κ1) is 12.3. The van der Waals surface area contributed by atoms with Crippen LogP contribution in [0.1, 0.15) is 27.7 Å². The fourth-order valence-corrected chi connectivity index (χ4v) is 5.35. The van der Waals surface area contributed by atoms with E-state index >= 15 is 0 Å². The molecule has 0 radical (unpaired) electrons. The summed E-state index contributed by atoms with van der Waals surface area (Å²) < 4.78 is 0. The minimum atomic E-state index is -1.24. The molecule has 0 bridgehead atoms. The minimum Gasteiger partial charge on any atom is -0.151 e. The van der Waals surface area contributed by atoms with Crippen LogP contribution in [-0.2, 0) is 0 Å². The van der Waals surface area contributed by atoms with E-state index < -0.39 is 10.0 Å².